The van der Waals surface area contributed by atoms with Crippen LogP contribution in [0.15, 0.2) is 12.3 Å². The minimum atomic E-state index is -5.77. The second-order valence-electron chi connectivity index (χ2n) is 8.27. The standard InChI is InChI=1S/C20H15F6N7O3/c1-7-16(34)30-12-10-13(31-17(35)19(7,10)36-2)29-14(28-12)11-9-5-8(21)6-27-15(9)33(32-11)4-3-18(22,23)20(24,25)26/h5-7H,3-4H2,1-2H3,(H2,28,29,30,31,34,35)/t7-,19-/m1/s1. The number of aryl methyl sites for hydroxylation is 1. The first-order chi connectivity index (χ1) is 16.8. The molecule has 0 spiro atoms. The van der Waals surface area contributed by atoms with E-state index in [0.717, 1.165) is 16.9 Å². The van der Waals surface area contributed by atoms with Gasteiger partial charge in [0.25, 0.3) is 5.91 Å². The van der Waals surface area contributed by atoms with Gasteiger partial charge >= 0.3 is 12.1 Å². The van der Waals surface area contributed by atoms with E-state index in [0.29, 0.717) is 0 Å². The van der Waals surface area contributed by atoms with E-state index in [-0.39, 0.29) is 39.8 Å². The highest BCUT2D eigenvalue weighted by molar-refractivity contribution is 6.13. The highest BCUT2D eigenvalue weighted by Crippen LogP contribution is 2.49. The van der Waals surface area contributed by atoms with E-state index in [1.165, 1.54) is 14.0 Å². The molecule has 5 heterocycles. The van der Waals surface area contributed by atoms with Crippen molar-refractivity contribution in [3.05, 3.63) is 23.6 Å². The molecule has 190 valence electrons. The lowest BCUT2D eigenvalue weighted by atomic mass is 9.80. The second kappa shape index (κ2) is 7.59. The number of fused-ring (bicyclic) bond motifs is 1. The summed E-state index contributed by atoms with van der Waals surface area (Å²) in [5.74, 6) is -8.47. The number of methoxy groups -OCH3 is 1. The fourth-order valence-electron chi connectivity index (χ4n) is 4.35. The van der Waals surface area contributed by atoms with Gasteiger partial charge in [-0.15, -0.1) is 0 Å². The van der Waals surface area contributed by atoms with Crippen LogP contribution in [0.2, 0.25) is 0 Å². The number of ether oxygens (including phenoxy) is 1. The van der Waals surface area contributed by atoms with Crippen molar-refractivity contribution in [2.75, 3.05) is 17.7 Å². The van der Waals surface area contributed by atoms with Crippen molar-refractivity contribution in [2.45, 2.75) is 37.6 Å². The SMILES string of the molecule is CO[C@@]12C(=O)Nc3nc(-c4nn(CCC(F)(F)C(F)(F)F)c5ncc(F)cc45)nc(c31)NC(=O)[C@H]2C. The van der Waals surface area contributed by atoms with Crippen LogP contribution >= 0.6 is 0 Å². The van der Waals surface area contributed by atoms with E-state index in [1.54, 1.807) is 0 Å². The molecule has 3 aromatic heterocycles. The molecule has 2 aliphatic heterocycles. The van der Waals surface area contributed by atoms with Crippen LogP contribution < -0.4 is 10.6 Å². The molecule has 36 heavy (non-hydrogen) atoms. The Labute approximate surface area is 197 Å². The van der Waals surface area contributed by atoms with Crippen LogP contribution in [0.1, 0.15) is 18.9 Å². The van der Waals surface area contributed by atoms with Crippen molar-refractivity contribution < 1.29 is 40.7 Å². The van der Waals surface area contributed by atoms with E-state index in [2.05, 4.69) is 30.7 Å². The van der Waals surface area contributed by atoms with Crippen LogP contribution in [0.3, 0.4) is 0 Å². The molecule has 2 amide bonds. The van der Waals surface area contributed by atoms with Gasteiger partial charge in [0.05, 0.1) is 23.1 Å². The second-order valence-corrected chi connectivity index (χ2v) is 8.27. The van der Waals surface area contributed by atoms with Crippen LogP contribution in [-0.2, 0) is 26.5 Å². The lowest BCUT2D eigenvalue weighted by Gasteiger charge is -2.35. The Morgan fingerprint density at radius 1 is 1.14 bits per heavy atom. The molecule has 3 aromatic rings. The van der Waals surface area contributed by atoms with E-state index in [1.807, 2.05) is 0 Å². The van der Waals surface area contributed by atoms with Gasteiger partial charge in [-0.2, -0.15) is 27.1 Å². The molecule has 0 bridgehead atoms. The zero-order valence-corrected chi connectivity index (χ0v) is 18.4. The fraction of sp³-hybridized carbons (Fsp3) is 0.400. The summed E-state index contributed by atoms with van der Waals surface area (Å²) in [5, 5.41) is 8.96. The summed E-state index contributed by atoms with van der Waals surface area (Å²) in [6, 6.07) is 0.934. The predicted molar refractivity (Wildman–Crippen MR) is 109 cm³/mol. The average molecular weight is 515 g/mol. The van der Waals surface area contributed by atoms with Gasteiger partial charge in [-0.1, -0.05) is 0 Å². The first kappa shape index (κ1) is 23.9. The lowest BCUT2D eigenvalue weighted by Crippen LogP contribution is -2.50. The number of carbonyl (C=O) groups is 2. The van der Waals surface area contributed by atoms with Gasteiger partial charge in [-0.05, 0) is 13.0 Å². The maximum absolute atomic E-state index is 14.0. The Balaban J connectivity index is 1.64. The van der Waals surface area contributed by atoms with Crippen LogP contribution in [0.25, 0.3) is 22.6 Å². The van der Waals surface area contributed by atoms with E-state index in [4.69, 9.17) is 4.74 Å². The normalized spacial score (nSPS) is 21.5. The molecule has 10 nitrogen and oxygen atoms in total. The van der Waals surface area contributed by atoms with Gasteiger partial charge in [-0.3, -0.25) is 9.59 Å². The van der Waals surface area contributed by atoms with Crippen molar-refractivity contribution in [1.29, 1.82) is 0 Å². The molecule has 2 N–H and O–H groups in total. The van der Waals surface area contributed by atoms with Gasteiger partial charge in [0.2, 0.25) is 5.91 Å². The predicted octanol–water partition coefficient (Wildman–Crippen LogP) is 3.00. The third-order valence-electron chi connectivity index (χ3n) is 6.23. The molecule has 0 fully saturated rings. The first-order valence-electron chi connectivity index (χ1n) is 10.4. The van der Waals surface area contributed by atoms with Gasteiger partial charge in [-0.25, -0.2) is 24.0 Å². The van der Waals surface area contributed by atoms with Gasteiger partial charge in [0, 0.05) is 20.1 Å². The maximum Gasteiger partial charge on any atom is 0.453 e. The fourth-order valence-corrected chi connectivity index (χ4v) is 4.35. The van der Waals surface area contributed by atoms with Gasteiger partial charge in [0.15, 0.2) is 17.1 Å². The molecule has 0 radical (unpaired) electrons. The highest BCUT2D eigenvalue weighted by atomic mass is 19.4. The molecule has 2 aliphatic rings. The first-order valence-corrected chi connectivity index (χ1v) is 10.4. The topological polar surface area (TPSA) is 124 Å². The molecule has 0 aliphatic carbocycles. The Morgan fingerprint density at radius 3 is 2.44 bits per heavy atom. The summed E-state index contributed by atoms with van der Waals surface area (Å²) in [6.07, 6.45) is -6.68. The van der Waals surface area contributed by atoms with Crippen molar-refractivity contribution in [1.82, 2.24) is 24.7 Å². The molecular formula is C20H15F6N7O3. The quantitative estimate of drug-likeness (QED) is 0.501. The van der Waals surface area contributed by atoms with Crippen molar-refractivity contribution in [3.63, 3.8) is 0 Å². The van der Waals surface area contributed by atoms with Crippen LogP contribution in [0.4, 0.5) is 38.0 Å². The molecule has 16 heteroatoms. The summed E-state index contributed by atoms with van der Waals surface area (Å²) in [5.41, 5.74) is -1.97. The Morgan fingerprint density at radius 2 is 1.81 bits per heavy atom. The van der Waals surface area contributed by atoms with E-state index < -0.39 is 54.2 Å². The number of pyridine rings is 1. The Hall–Kier alpha value is -3.82. The average Bonchev–Trinajstić information content (AvgIpc) is 3.30. The van der Waals surface area contributed by atoms with Crippen molar-refractivity contribution in [3.8, 4) is 11.5 Å². The third-order valence-corrected chi connectivity index (χ3v) is 6.23. The molecule has 0 aromatic carbocycles. The number of aromatic nitrogens is 5. The lowest BCUT2D eigenvalue weighted by molar-refractivity contribution is -0.285. The number of hydrogen-bond donors (Lipinski definition) is 2. The zero-order chi connectivity index (χ0) is 26.2. The number of rotatable bonds is 5. The van der Waals surface area contributed by atoms with Crippen LogP contribution in [-0.4, -0.2) is 55.8 Å². The number of halogens is 6. The minimum Gasteiger partial charge on any atom is -0.363 e. The summed E-state index contributed by atoms with van der Waals surface area (Å²) < 4.78 is 85.1. The van der Waals surface area contributed by atoms with Gasteiger partial charge < -0.3 is 15.4 Å². The molecule has 2 atom stereocenters. The number of hydrogen-bond acceptors (Lipinski definition) is 7. The van der Waals surface area contributed by atoms with E-state index >= 15 is 0 Å². The summed E-state index contributed by atoms with van der Waals surface area (Å²) in [6.45, 7) is 0.557. The van der Waals surface area contributed by atoms with Crippen LogP contribution in [0, 0.1) is 11.7 Å². The van der Waals surface area contributed by atoms with Crippen molar-refractivity contribution >= 4 is 34.5 Å². The number of carbonyl (C=O) groups excluding carboxylic acids is 2. The molecule has 5 rings (SSSR count). The molecule has 0 saturated heterocycles. The van der Waals surface area contributed by atoms with E-state index in [9.17, 15) is 35.9 Å². The molecule has 0 saturated carbocycles. The van der Waals surface area contributed by atoms with Gasteiger partial charge in [0.1, 0.15) is 23.1 Å². The minimum absolute atomic E-state index is 0.0376. The number of anilines is 2. The smallest absolute Gasteiger partial charge is 0.363 e. The maximum atomic E-state index is 14.0. The molecular weight excluding hydrogens is 500 g/mol. The summed E-state index contributed by atoms with van der Waals surface area (Å²) in [7, 11) is 1.24. The van der Waals surface area contributed by atoms with Crippen LogP contribution in [0.5, 0.6) is 0 Å². The monoisotopic (exact) mass is 515 g/mol. The number of alkyl halides is 5. The number of nitrogens with zero attached hydrogens (tertiary/aromatic N) is 5. The summed E-state index contributed by atoms with van der Waals surface area (Å²) in [4.78, 5) is 37.6. The Bertz CT molecular complexity index is 1440. The zero-order valence-electron chi connectivity index (χ0n) is 18.4. The molecule has 0 unspecified atom stereocenters. The number of nitrogens with one attached hydrogen (secondary N) is 2. The summed E-state index contributed by atoms with van der Waals surface area (Å²) >= 11 is 0. The third kappa shape index (κ3) is 3.23. The highest BCUT2D eigenvalue weighted by Gasteiger charge is 2.59. The number of amides is 2. The van der Waals surface area contributed by atoms with Crippen molar-refractivity contribution in [2.24, 2.45) is 5.92 Å². The largest absolute Gasteiger partial charge is 0.453 e. The Kier molecular flexibility index (Phi) is 5.04.